The molecule has 0 spiro atoms. The summed E-state index contributed by atoms with van der Waals surface area (Å²) in [7, 11) is 0. The van der Waals surface area contributed by atoms with Crippen LogP contribution in [0.2, 0.25) is 0 Å². The zero-order chi connectivity index (χ0) is 11.4. The van der Waals surface area contributed by atoms with Crippen molar-refractivity contribution < 1.29 is 18.7 Å². The number of hydrogen-bond donors (Lipinski definition) is 2. The number of rotatable bonds is 3. The van der Waals surface area contributed by atoms with Gasteiger partial charge < -0.3 is 15.7 Å². The number of nitrogens with two attached hydrogens (primary N) is 1. The molecule has 1 aromatic rings. The monoisotopic (exact) mass is 216 g/mol. The third-order valence-electron chi connectivity index (χ3n) is 1.74. The van der Waals surface area contributed by atoms with Gasteiger partial charge >= 0.3 is 0 Å². The minimum atomic E-state index is -1.01. The Bertz CT molecular complexity index is 382. The van der Waals surface area contributed by atoms with Gasteiger partial charge in [-0.3, -0.25) is 0 Å². The number of benzene rings is 1. The summed E-state index contributed by atoms with van der Waals surface area (Å²) in [6, 6.07) is 3.07. The smallest absolute Gasteiger partial charge is 0.180 e. The molecule has 0 saturated heterocycles. The van der Waals surface area contributed by atoms with Gasteiger partial charge in [-0.15, -0.1) is 0 Å². The van der Waals surface area contributed by atoms with Crippen molar-refractivity contribution in [2.24, 2.45) is 10.9 Å². The molecule has 0 amide bonds. The fraction of sp³-hybridized carbons (Fsp3) is 0.222. The molecule has 0 bridgehead atoms. The first-order valence-electron chi connectivity index (χ1n) is 4.13. The maximum absolute atomic E-state index is 12.7. The molecule has 0 heterocycles. The molecule has 82 valence electrons. The summed E-state index contributed by atoms with van der Waals surface area (Å²) in [5.74, 6) is -2.02. The van der Waals surface area contributed by atoms with Crippen LogP contribution in [-0.2, 0) is 0 Å². The molecular weight excluding hydrogens is 206 g/mol. The molecule has 1 unspecified atom stereocenters. The Morgan fingerprint density at radius 3 is 2.67 bits per heavy atom. The second-order valence-electron chi connectivity index (χ2n) is 2.86. The predicted octanol–water partition coefficient (Wildman–Crippen LogP) is 1.48. The maximum Gasteiger partial charge on any atom is 0.180 e. The van der Waals surface area contributed by atoms with E-state index >= 15 is 0 Å². The van der Waals surface area contributed by atoms with Crippen molar-refractivity contribution in [3.63, 3.8) is 0 Å². The van der Waals surface area contributed by atoms with Gasteiger partial charge in [-0.1, -0.05) is 5.16 Å². The lowest BCUT2D eigenvalue weighted by molar-refractivity contribution is 0.264. The van der Waals surface area contributed by atoms with E-state index in [1.165, 1.54) is 13.0 Å². The van der Waals surface area contributed by atoms with Gasteiger partial charge in [-0.05, 0) is 19.1 Å². The van der Waals surface area contributed by atoms with Crippen LogP contribution in [0, 0.1) is 11.6 Å². The average Bonchev–Trinajstić information content (AvgIpc) is 2.22. The Hall–Kier alpha value is -1.85. The number of hydrogen-bond acceptors (Lipinski definition) is 3. The molecule has 0 aromatic heterocycles. The van der Waals surface area contributed by atoms with Crippen molar-refractivity contribution in [1.82, 2.24) is 0 Å². The van der Waals surface area contributed by atoms with Gasteiger partial charge in [-0.2, -0.15) is 0 Å². The Morgan fingerprint density at radius 2 is 2.13 bits per heavy atom. The van der Waals surface area contributed by atoms with Crippen molar-refractivity contribution in [2.75, 3.05) is 0 Å². The van der Waals surface area contributed by atoms with E-state index in [9.17, 15) is 8.78 Å². The van der Waals surface area contributed by atoms with Gasteiger partial charge in [0.1, 0.15) is 5.75 Å². The first kappa shape index (κ1) is 11.2. The Morgan fingerprint density at radius 1 is 1.47 bits per heavy atom. The van der Waals surface area contributed by atoms with Crippen LogP contribution in [0.3, 0.4) is 0 Å². The molecule has 6 heteroatoms. The van der Waals surface area contributed by atoms with Gasteiger partial charge in [0.25, 0.3) is 0 Å². The van der Waals surface area contributed by atoms with Crippen molar-refractivity contribution in [3.8, 4) is 5.75 Å². The van der Waals surface area contributed by atoms with E-state index in [0.717, 1.165) is 12.1 Å². The van der Waals surface area contributed by atoms with Crippen molar-refractivity contribution in [1.29, 1.82) is 0 Å². The summed E-state index contributed by atoms with van der Waals surface area (Å²) in [5, 5.41) is 11.1. The largest absolute Gasteiger partial charge is 0.483 e. The summed E-state index contributed by atoms with van der Waals surface area (Å²) in [4.78, 5) is 0. The molecular formula is C9H10F2N2O2. The predicted molar refractivity (Wildman–Crippen MR) is 49.9 cm³/mol. The normalized spacial score (nSPS) is 13.7. The summed E-state index contributed by atoms with van der Waals surface area (Å²) in [6.07, 6.45) is -0.722. The zero-order valence-corrected chi connectivity index (χ0v) is 7.95. The van der Waals surface area contributed by atoms with Crippen LogP contribution in [0.25, 0.3) is 0 Å². The van der Waals surface area contributed by atoms with Crippen molar-refractivity contribution in [2.45, 2.75) is 13.0 Å². The number of ether oxygens (including phenoxy) is 1. The minimum Gasteiger partial charge on any atom is -0.483 e. The van der Waals surface area contributed by atoms with E-state index in [0.29, 0.717) is 0 Å². The third-order valence-corrected chi connectivity index (χ3v) is 1.74. The molecule has 0 aliphatic carbocycles. The second kappa shape index (κ2) is 4.59. The van der Waals surface area contributed by atoms with E-state index in [1.54, 1.807) is 0 Å². The van der Waals surface area contributed by atoms with Crippen LogP contribution in [0.15, 0.2) is 23.4 Å². The molecule has 0 aliphatic heterocycles. The number of oxime groups is 1. The van der Waals surface area contributed by atoms with E-state index < -0.39 is 17.7 Å². The maximum atomic E-state index is 12.7. The first-order chi connectivity index (χ1) is 7.04. The first-order valence-corrected chi connectivity index (χ1v) is 4.13. The zero-order valence-electron chi connectivity index (χ0n) is 7.95. The minimum absolute atomic E-state index is 0.105. The molecule has 4 nitrogen and oxygen atoms in total. The van der Waals surface area contributed by atoms with Crippen LogP contribution >= 0.6 is 0 Å². The second-order valence-corrected chi connectivity index (χ2v) is 2.86. The highest BCUT2D eigenvalue weighted by Gasteiger charge is 2.10. The van der Waals surface area contributed by atoms with E-state index in [-0.39, 0.29) is 11.6 Å². The number of amidine groups is 1. The van der Waals surface area contributed by atoms with Gasteiger partial charge in [0.05, 0.1) is 0 Å². The summed E-state index contributed by atoms with van der Waals surface area (Å²) < 4.78 is 30.4. The molecule has 0 fully saturated rings. The molecule has 15 heavy (non-hydrogen) atoms. The summed E-state index contributed by atoms with van der Waals surface area (Å²) in [5.41, 5.74) is 5.24. The molecule has 0 aliphatic rings. The van der Waals surface area contributed by atoms with Gasteiger partial charge in [0.15, 0.2) is 23.6 Å². The average molecular weight is 216 g/mol. The SMILES string of the molecule is CC(Oc1ccc(F)c(F)c1)C(N)=NO. The Balaban J connectivity index is 2.77. The lowest BCUT2D eigenvalue weighted by Gasteiger charge is -2.12. The Labute approximate surface area is 85.0 Å². The molecule has 3 N–H and O–H groups in total. The molecule has 0 saturated carbocycles. The lowest BCUT2D eigenvalue weighted by Crippen LogP contribution is -2.31. The van der Waals surface area contributed by atoms with E-state index in [1.807, 2.05) is 0 Å². The number of halogens is 2. The van der Waals surface area contributed by atoms with Crippen LogP contribution in [-0.4, -0.2) is 17.1 Å². The summed E-state index contributed by atoms with van der Waals surface area (Å²) in [6.45, 7) is 1.51. The van der Waals surface area contributed by atoms with Gasteiger partial charge in [-0.25, -0.2) is 8.78 Å². The van der Waals surface area contributed by atoms with E-state index in [4.69, 9.17) is 15.7 Å². The van der Waals surface area contributed by atoms with Crippen LogP contribution in [0.1, 0.15) is 6.92 Å². The standard InChI is InChI=1S/C9H10F2N2O2/c1-5(9(12)13-14)15-6-2-3-7(10)8(11)4-6/h2-5,14H,1H3,(H2,12,13). The number of nitrogens with zero attached hydrogens (tertiary/aromatic N) is 1. The van der Waals surface area contributed by atoms with Crippen molar-refractivity contribution >= 4 is 5.84 Å². The topological polar surface area (TPSA) is 67.8 Å². The van der Waals surface area contributed by atoms with Crippen LogP contribution in [0.4, 0.5) is 8.78 Å². The van der Waals surface area contributed by atoms with Crippen molar-refractivity contribution in [3.05, 3.63) is 29.8 Å². The fourth-order valence-electron chi connectivity index (χ4n) is 0.896. The van der Waals surface area contributed by atoms with Gasteiger partial charge in [0.2, 0.25) is 0 Å². The molecule has 0 radical (unpaired) electrons. The Kier molecular flexibility index (Phi) is 3.43. The quantitative estimate of drug-likeness (QED) is 0.348. The van der Waals surface area contributed by atoms with E-state index in [2.05, 4.69) is 5.16 Å². The highest BCUT2D eigenvalue weighted by atomic mass is 19.2. The third kappa shape index (κ3) is 2.80. The van der Waals surface area contributed by atoms with Gasteiger partial charge in [0, 0.05) is 6.07 Å². The molecule has 1 atom stereocenters. The van der Waals surface area contributed by atoms with Crippen LogP contribution < -0.4 is 10.5 Å². The lowest BCUT2D eigenvalue weighted by atomic mass is 10.3. The summed E-state index contributed by atoms with van der Waals surface area (Å²) >= 11 is 0. The highest BCUT2D eigenvalue weighted by Crippen LogP contribution is 2.16. The molecule has 1 rings (SSSR count). The highest BCUT2D eigenvalue weighted by molar-refractivity contribution is 5.84. The van der Waals surface area contributed by atoms with Crippen LogP contribution in [0.5, 0.6) is 5.75 Å². The fourth-order valence-corrected chi connectivity index (χ4v) is 0.896. The molecule has 1 aromatic carbocycles.